The molecule has 0 fully saturated rings. The molecule has 2 N–H and O–H groups in total. The van der Waals surface area contributed by atoms with Crippen LogP contribution in [0.15, 0.2) is 22.8 Å². The zero-order valence-corrected chi connectivity index (χ0v) is 10.2. The Morgan fingerprint density at radius 2 is 2.35 bits per heavy atom. The zero-order valence-electron chi connectivity index (χ0n) is 10.2. The van der Waals surface area contributed by atoms with Gasteiger partial charge in [-0.25, -0.2) is 0 Å². The van der Waals surface area contributed by atoms with Crippen molar-refractivity contribution in [2.75, 3.05) is 32.9 Å². The summed E-state index contributed by atoms with van der Waals surface area (Å²) < 4.78 is 15.6. The summed E-state index contributed by atoms with van der Waals surface area (Å²) in [5.41, 5.74) is 0. The van der Waals surface area contributed by atoms with Gasteiger partial charge in [0, 0.05) is 19.7 Å². The van der Waals surface area contributed by atoms with Gasteiger partial charge in [-0.3, -0.25) is 0 Å². The van der Waals surface area contributed by atoms with E-state index in [1.54, 1.807) is 6.26 Å². The van der Waals surface area contributed by atoms with Crippen molar-refractivity contribution in [2.45, 2.75) is 19.6 Å². The Labute approximate surface area is 102 Å². The smallest absolute Gasteiger partial charge is 0.129 e. The Kier molecular flexibility index (Phi) is 7.66. The van der Waals surface area contributed by atoms with Crippen LogP contribution in [-0.4, -0.2) is 44.1 Å². The average molecular weight is 243 g/mol. The highest BCUT2D eigenvalue weighted by atomic mass is 16.5. The van der Waals surface area contributed by atoms with Crippen LogP contribution in [0.1, 0.15) is 12.7 Å². The van der Waals surface area contributed by atoms with Crippen LogP contribution in [0.3, 0.4) is 0 Å². The van der Waals surface area contributed by atoms with Gasteiger partial charge in [-0.15, -0.1) is 0 Å². The highest BCUT2D eigenvalue weighted by molar-refractivity contribution is 4.96. The van der Waals surface area contributed by atoms with Crippen molar-refractivity contribution in [2.24, 2.45) is 0 Å². The molecule has 0 radical (unpaired) electrons. The third-order valence-corrected chi connectivity index (χ3v) is 2.14. The lowest BCUT2D eigenvalue weighted by atomic mass is 10.4. The molecule has 1 aromatic rings. The molecule has 1 heterocycles. The van der Waals surface area contributed by atoms with Crippen molar-refractivity contribution >= 4 is 0 Å². The van der Waals surface area contributed by atoms with Crippen LogP contribution in [-0.2, 0) is 16.1 Å². The molecule has 1 unspecified atom stereocenters. The number of hydrogen-bond acceptors (Lipinski definition) is 5. The number of hydrogen-bond donors (Lipinski definition) is 2. The van der Waals surface area contributed by atoms with Crippen LogP contribution in [0.2, 0.25) is 0 Å². The molecule has 1 aromatic heterocycles. The van der Waals surface area contributed by atoms with Gasteiger partial charge in [0.25, 0.3) is 0 Å². The summed E-state index contributed by atoms with van der Waals surface area (Å²) >= 11 is 0. The first-order chi connectivity index (χ1) is 8.33. The van der Waals surface area contributed by atoms with Gasteiger partial charge in [-0.05, 0) is 19.1 Å². The molecule has 1 rings (SSSR count). The fourth-order valence-corrected chi connectivity index (χ4v) is 1.31. The number of rotatable bonds is 10. The Morgan fingerprint density at radius 1 is 1.47 bits per heavy atom. The predicted octanol–water partition coefficient (Wildman–Crippen LogP) is 0.783. The average Bonchev–Trinajstić information content (AvgIpc) is 2.82. The molecule has 0 aliphatic rings. The molecule has 0 saturated carbocycles. The van der Waals surface area contributed by atoms with Crippen molar-refractivity contribution in [3.63, 3.8) is 0 Å². The molecule has 0 saturated heterocycles. The van der Waals surface area contributed by atoms with Crippen LogP contribution in [0.25, 0.3) is 0 Å². The molecule has 0 spiro atoms. The number of aliphatic hydroxyl groups excluding tert-OH is 1. The van der Waals surface area contributed by atoms with Crippen molar-refractivity contribution in [3.05, 3.63) is 24.2 Å². The van der Waals surface area contributed by atoms with Crippen LogP contribution in [0.4, 0.5) is 0 Å². The molecule has 0 bridgehead atoms. The third-order valence-electron chi connectivity index (χ3n) is 2.14. The van der Waals surface area contributed by atoms with Crippen molar-refractivity contribution < 1.29 is 19.0 Å². The van der Waals surface area contributed by atoms with Crippen LogP contribution in [0.5, 0.6) is 0 Å². The van der Waals surface area contributed by atoms with Crippen LogP contribution in [0, 0.1) is 0 Å². The maximum absolute atomic E-state index is 9.58. The van der Waals surface area contributed by atoms with Crippen molar-refractivity contribution in [1.29, 1.82) is 0 Å². The molecule has 98 valence electrons. The molecule has 0 aromatic carbocycles. The molecule has 1 atom stereocenters. The number of ether oxygens (including phenoxy) is 2. The highest BCUT2D eigenvalue weighted by Crippen LogP contribution is 2.01. The summed E-state index contributed by atoms with van der Waals surface area (Å²) in [6.07, 6.45) is 1.09. The molecular weight excluding hydrogens is 222 g/mol. The van der Waals surface area contributed by atoms with Gasteiger partial charge in [-0.1, -0.05) is 0 Å². The normalized spacial score (nSPS) is 12.8. The zero-order chi connectivity index (χ0) is 12.3. The third kappa shape index (κ3) is 7.12. The maximum atomic E-state index is 9.58. The topological polar surface area (TPSA) is 63.9 Å². The quantitative estimate of drug-likeness (QED) is 0.595. The maximum Gasteiger partial charge on any atom is 0.129 e. The SMILES string of the molecule is CCOCCNCC(O)COCc1ccco1. The Bertz CT molecular complexity index is 263. The van der Waals surface area contributed by atoms with Gasteiger partial charge in [0.05, 0.1) is 25.6 Å². The van der Waals surface area contributed by atoms with E-state index in [4.69, 9.17) is 13.9 Å². The summed E-state index contributed by atoms with van der Waals surface area (Å²) in [6, 6.07) is 3.65. The molecule has 17 heavy (non-hydrogen) atoms. The van der Waals surface area contributed by atoms with Gasteiger partial charge in [-0.2, -0.15) is 0 Å². The molecule has 0 aliphatic carbocycles. The van der Waals surface area contributed by atoms with E-state index in [1.165, 1.54) is 0 Å². The molecule has 5 nitrogen and oxygen atoms in total. The first kappa shape index (κ1) is 14.2. The van der Waals surface area contributed by atoms with Gasteiger partial charge in [0.2, 0.25) is 0 Å². The van der Waals surface area contributed by atoms with Crippen molar-refractivity contribution in [3.8, 4) is 0 Å². The van der Waals surface area contributed by atoms with E-state index in [0.29, 0.717) is 26.4 Å². The first-order valence-corrected chi connectivity index (χ1v) is 5.89. The van der Waals surface area contributed by atoms with Gasteiger partial charge in [0.15, 0.2) is 0 Å². The van der Waals surface area contributed by atoms with E-state index in [-0.39, 0.29) is 0 Å². The number of aliphatic hydroxyl groups is 1. The minimum absolute atomic E-state index is 0.294. The lowest BCUT2D eigenvalue weighted by Crippen LogP contribution is -2.32. The largest absolute Gasteiger partial charge is 0.467 e. The van der Waals surface area contributed by atoms with Gasteiger partial charge < -0.3 is 24.3 Å². The second kappa shape index (κ2) is 9.18. The molecule has 0 amide bonds. The fourth-order valence-electron chi connectivity index (χ4n) is 1.31. The van der Waals surface area contributed by atoms with Crippen LogP contribution >= 0.6 is 0 Å². The second-order valence-electron chi connectivity index (χ2n) is 3.65. The Morgan fingerprint density at radius 3 is 3.06 bits per heavy atom. The summed E-state index contributed by atoms with van der Waals surface area (Å²) in [7, 11) is 0. The lowest BCUT2D eigenvalue weighted by Gasteiger charge is -2.11. The fraction of sp³-hybridized carbons (Fsp3) is 0.667. The predicted molar refractivity (Wildman–Crippen MR) is 63.7 cm³/mol. The monoisotopic (exact) mass is 243 g/mol. The molecule has 5 heteroatoms. The molecular formula is C12H21NO4. The van der Waals surface area contributed by atoms with E-state index in [9.17, 15) is 5.11 Å². The minimum atomic E-state index is -0.508. The first-order valence-electron chi connectivity index (χ1n) is 5.89. The summed E-state index contributed by atoms with van der Waals surface area (Å²) in [4.78, 5) is 0. The van der Waals surface area contributed by atoms with E-state index in [0.717, 1.165) is 18.9 Å². The van der Waals surface area contributed by atoms with Crippen LogP contribution < -0.4 is 5.32 Å². The number of nitrogens with one attached hydrogen (secondary N) is 1. The van der Waals surface area contributed by atoms with E-state index < -0.39 is 6.10 Å². The minimum Gasteiger partial charge on any atom is -0.467 e. The highest BCUT2D eigenvalue weighted by Gasteiger charge is 2.04. The van der Waals surface area contributed by atoms with Gasteiger partial charge >= 0.3 is 0 Å². The Balaban J connectivity index is 1.92. The Hall–Kier alpha value is -0.880. The summed E-state index contributed by atoms with van der Waals surface area (Å²) in [5, 5.41) is 12.7. The van der Waals surface area contributed by atoms with E-state index in [1.807, 2.05) is 19.1 Å². The molecule has 0 aliphatic heterocycles. The number of furan rings is 1. The summed E-state index contributed by atoms with van der Waals surface area (Å²) in [5.74, 6) is 0.765. The lowest BCUT2D eigenvalue weighted by molar-refractivity contribution is 0.0218. The standard InChI is InChI=1S/C12H21NO4/c1-2-15-7-5-13-8-11(14)9-16-10-12-4-3-6-17-12/h3-4,6,11,13-14H,2,5,7-10H2,1H3. The second-order valence-corrected chi connectivity index (χ2v) is 3.65. The van der Waals surface area contributed by atoms with E-state index in [2.05, 4.69) is 5.32 Å². The van der Waals surface area contributed by atoms with Gasteiger partial charge in [0.1, 0.15) is 12.4 Å². The van der Waals surface area contributed by atoms with E-state index >= 15 is 0 Å². The summed E-state index contributed by atoms with van der Waals surface area (Å²) in [6.45, 7) is 5.27. The van der Waals surface area contributed by atoms with Crippen molar-refractivity contribution in [1.82, 2.24) is 5.32 Å².